The second-order valence-corrected chi connectivity index (χ2v) is 6.85. The van der Waals surface area contributed by atoms with E-state index in [1.165, 1.54) is 7.11 Å². The average Bonchev–Trinajstić information content (AvgIpc) is 3.09. The van der Waals surface area contributed by atoms with Gasteiger partial charge in [0.25, 0.3) is 0 Å². The molecule has 6 heteroatoms. The predicted molar refractivity (Wildman–Crippen MR) is 102 cm³/mol. The maximum absolute atomic E-state index is 12.4. The summed E-state index contributed by atoms with van der Waals surface area (Å²) in [5.41, 5.74) is 3.03. The summed E-state index contributed by atoms with van der Waals surface area (Å²) < 4.78 is 21.9. The van der Waals surface area contributed by atoms with Crippen LogP contribution in [0.15, 0.2) is 48.5 Å². The quantitative estimate of drug-likeness (QED) is 0.711. The summed E-state index contributed by atoms with van der Waals surface area (Å²) in [5, 5.41) is 0. The van der Waals surface area contributed by atoms with E-state index in [-0.39, 0.29) is 6.61 Å². The molecule has 1 aliphatic rings. The van der Waals surface area contributed by atoms with Crippen LogP contribution in [-0.2, 0) is 18.9 Å². The van der Waals surface area contributed by atoms with E-state index in [1.807, 2.05) is 38.1 Å². The van der Waals surface area contributed by atoms with Gasteiger partial charge in [-0.1, -0.05) is 35.4 Å². The Morgan fingerprint density at radius 3 is 2.00 bits per heavy atom. The van der Waals surface area contributed by atoms with Crippen molar-refractivity contribution in [2.75, 3.05) is 13.7 Å². The molecule has 0 saturated carbocycles. The fourth-order valence-electron chi connectivity index (χ4n) is 2.93. The van der Waals surface area contributed by atoms with Crippen LogP contribution in [0.5, 0.6) is 0 Å². The highest BCUT2D eigenvalue weighted by molar-refractivity contribution is 5.90. The number of benzene rings is 2. The van der Waals surface area contributed by atoms with Gasteiger partial charge >= 0.3 is 11.9 Å². The summed E-state index contributed by atoms with van der Waals surface area (Å²) in [7, 11) is 1.52. The van der Waals surface area contributed by atoms with Crippen LogP contribution < -0.4 is 0 Å². The first kappa shape index (κ1) is 20.0. The normalized spacial score (nSPS) is 21.3. The van der Waals surface area contributed by atoms with Crippen molar-refractivity contribution in [3.05, 3.63) is 70.8 Å². The standard InChI is InChI=1S/C22H24O6/c1-14-4-8-16(9-5-14)21(23)26-13-19-18(12-20(25-3)27-19)28-22(24)17-10-6-15(2)7-11-17/h4-11,18-20H,12-13H2,1-3H3/t18-,19+,20?/m0/s1. The van der Waals surface area contributed by atoms with E-state index in [1.54, 1.807) is 24.3 Å². The molecule has 3 rings (SSSR count). The Hall–Kier alpha value is -2.70. The molecule has 0 N–H and O–H groups in total. The number of hydrogen-bond donors (Lipinski definition) is 0. The van der Waals surface area contributed by atoms with Crippen molar-refractivity contribution in [3.63, 3.8) is 0 Å². The molecule has 1 saturated heterocycles. The number of aryl methyl sites for hydroxylation is 2. The van der Waals surface area contributed by atoms with E-state index in [0.29, 0.717) is 17.5 Å². The van der Waals surface area contributed by atoms with Crippen molar-refractivity contribution in [1.29, 1.82) is 0 Å². The number of rotatable bonds is 6. The molecular formula is C22H24O6. The van der Waals surface area contributed by atoms with Crippen LogP contribution in [-0.4, -0.2) is 44.2 Å². The number of carbonyl (C=O) groups is 2. The SMILES string of the molecule is COC1C[C@H](OC(=O)c2ccc(C)cc2)[C@@H](COC(=O)c2ccc(C)cc2)O1. The lowest BCUT2D eigenvalue weighted by atomic mass is 10.1. The van der Waals surface area contributed by atoms with Crippen LogP contribution in [0.2, 0.25) is 0 Å². The Labute approximate surface area is 164 Å². The second kappa shape index (κ2) is 8.99. The van der Waals surface area contributed by atoms with Gasteiger partial charge in [0.05, 0.1) is 11.1 Å². The zero-order chi connectivity index (χ0) is 20.1. The van der Waals surface area contributed by atoms with Crippen molar-refractivity contribution in [1.82, 2.24) is 0 Å². The highest BCUT2D eigenvalue weighted by Gasteiger charge is 2.39. The number of carbonyl (C=O) groups excluding carboxylic acids is 2. The summed E-state index contributed by atoms with van der Waals surface area (Å²) in [6, 6.07) is 14.2. The molecule has 1 heterocycles. The zero-order valence-electron chi connectivity index (χ0n) is 16.2. The van der Waals surface area contributed by atoms with Crippen molar-refractivity contribution < 1.29 is 28.5 Å². The average molecular weight is 384 g/mol. The molecule has 0 aromatic heterocycles. The number of ether oxygens (including phenoxy) is 4. The third kappa shape index (κ3) is 4.97. The van der Waals surface area contributed by atoms with Crippen LogP contribution in [0.1, 0.15) is 38.3 Å². The maximum Gasteiger partial charge on any atom is 0.338 e. The molecule has 0 aliphatic carbocycles. The topological polar surface area (TPSA) is 71.1 Å². The zero-order valence-corrected chi connectivity index (χ0v) is 16.2. The van der Waals surface area contributed by atoms with Gasteiger partial charge in [-0.15, -0.1) is 0 Å². The summed E-state index contributed by atoms with van der Waals surface area (Å²) in [5.74, 6) is -0.895. The Morgan fingerprint density at radius 1 is 0.929 bits per heavy atom. The molecule has 0 radical (unpaired) electrons. The van der Waals surface area contributed by atoms with Gasteiger partial charge in [0.1, 0.15) is 18.8 Å². The number of methoxy groups -OCH3 is 1. The maximum atomic E-state index is 12.4. The van der Waals surface area contributed by atoms with Gasteiger partial charge in [0, 0.05) is 13.5 Å². The third-order valence-electron chi connectivity index (χ3n) is 4.64. The third-order valence-corrected chi connectivity index (χ3v) is 4.64. The molecule has 0 spiro atoms. The van der Waals surface area contributed by atoms with Gasteiger partial charge in [-0.05, 0) is 38.1 Å². The molecule has 28 heavy (non-hydrogen) atoms. The Bertz CT molecular complexity index is 812. The van der Waals surface area contributed by atoms with Crippen molar-refractivity contribution in [2.45, 2.75) is 38.8 Å². The minimum Gasteiger partial charge on any atom is -0.459 e. The van der Waals surface area contributed by atoms with E-state index < -0.39 is 30.4 Å². The van der Waals surface area contributed by atoms with E-state index in [2.05, 4.69) is 0 Å². The van der Waals surface area contributed by atoms with E-state index in [0.717, 1.165) is 11.1 Å². The number of hydrogen-bond acceptors (Lipinski definition) is 6. The van der Waals surface area contributed by atoms with Crippen molar-refractivity contribution >= 4 is 11.9 Å². The summed E-state index contributed by atoms with van der Waals surface area (Å²) in [6.45, 7) is 3.86. The fraction of sp³-hybridized carbons (Fsp3) is 0.364. The molecule has 1 aliphatic heterocycles. The lowest BCUT2D eigenvalue weighted by Crippen LogP contribution is -2.32. The minimum atomic E-state index is -0.589. The van der Waals surface area contributed by atoms with Crippen LogP contribution in [0.25, 0.3) is 0 Å². The molecule has 3 atom stereocenters. The molecule has 6 nitrogen and oxygen atoms in total. The number of esters is 2. The van der Waals surface area contributed by atoms with Gasteiger partial charge in [0.15, 0.2) is 6.29 Å². The van der Waals surface area contributed by atoms with Gasteiger partial charge < -0.3 is 18.9 Å². The van der Waals surface area contributed by atoms with E-state index >= 15 is 0 Å². The first-order valence-electron chi connectivity index (χ1n) is 9.16. The molecular weight excluding hydrogens is 360 g/mol. The fourth-order valence-corrected chi connectivity index (χ4v) is 2.93. The van der Waals surface area contributed by atoms with E-state index in [4.69, 9.17) is 18.9 Å². The largest absolute Gasteiger partial charge is 0.459 e. The van der Waals surface area contributed by atoms with Gasteiger partial charge in [-0.3, -0.25) is 0 Å². The predicted octanol–water partition coefficient (Wildman–Crippen LogP) is 3.45. The van der Waals surface area contributed by atoms with Crippen molar-refractivity contribution in [3.8, 4) is 0 Å². The Morgan fingerprint density at radius 2 is 1.46 bits per heavy atom. The molecule has 0 amide bonds. The molecule has 148 valence electrons. The first-order chi connectivity index (χ1) is 13.5. The van der Waals surface area contributed by atoms with Gasteiger partial charge in [0.2, 0.25) is 0 Å². The van der Waals surface area contributed by atoms with Gasteiger partial charge in [-0.25, -0.2) is 9.59 Å². The molecule has 2 aromatic carbocycles. The molecule has 1 fully saturated rings. The van der Waals surface area contributed by atoms with Gasteiger partial charge in [-0.2, -0.15) is 0 Å². The van der Waals surface area contributed by atoms with Crippen LogP contribution in [0, 0.1) is 13.8 Å². The summed E-state index contributed by atoms with van der Waals surface area (Å²) >= 11 is 0. The highest BCUT2D eigenvalue weighted by atomic mass is 16.7. The molecule has 0 bridgehead atoms. The second-order valence-electron chi connectivity index (χ2n) is 6.85. The van der Waals surface area contributed by atoms with Crippen LogP contribution in [0.3, 0.4) is 0 Å². The summed E-state index contributed by atoms with van der Waals surface area (Å²) in [6.07, 6.45) is -1.29. The smallest absolute Gasteiger partial charge is 0.338 e. The van der Waals surface area contributed by atoms with Crippen molar-refractivity contribution in [2.24, 2.45) is 0 Å². The van der Waals surface area contributed by atoms with Crippen LogP contribution >= 0.6 is 0 Å². The summed E-state index contributed by atoms with van der Waals surface area (Å²) in [4.78, 5) is 24.6. The first-order valence-corrected chi connectivity index (χ1v) is 9.16. The van der Waals surface area contributed by atoms with E-state index in [9.17, 15) is 9.59 Å². The monoisotopic (exact) mass is 384 g/mol. The lowest BCUT2D eigenvalue weighted by molar-refractivity contribution is -0.128. The Kier molecular flexibility index (Phi) is 6.44. The molecule has 1 unspecified atom stereocenters. The lowest BCUT2D eigenvalue weighted by Gasteiger charge is -2.19. The minimum absolute atomic E-state index is 0.0294. The Balaban J connectivity index is 1.61. The van der Waals surface area contributed by atoms with Crippen LogP contribution in [0.4, 0.5) is 0 Å². The molecule has 2 aromatic rings. The highest BCUT2D eigenvalue weighted by Crippen LogP contribution is 2.25.